The van der Waals surface area contributed by atoms with Gasteiger partial charge in [-0.15, -0.1) is 0 Å². The van der Waals surface area contributed by atoms with Crippen LogP contribution in [0.15, 0.2) is 42.5 Å². The number of methoxy groups -OCH3 is 1. The molecule has 11 heteroatoms. The van der Waals surface area contributed by atoms with Gasteiger partial charge in [-0.05, 0) is 73.9 Å². The zero-order valence-corrected chi connectivity index (χ0v) is 26.2. The summed E-state index contributed by atoms with van der Waals surface area (Å²) in [5.41, 5.74) is 4.55. The molecule has 1 N–H and O–H groups in total. The Labute approximate surface area is 263 Å². The smallest absolute Gasteiger partial charge is 0.272 e. The number of hydrogen-bond donors (Lipinski definition) is 1. The van der Waals surface area contributed by atoms with Gasteiger partial charge < -0.3 is 29.3 Å². The number of aromatic nitrogens is 2. The first-order valence-electron chi connectivity index (χ1n) is 15.7. The van der Waals surface area contributed by atoms with Gasteiger partial charge in [-0.3, -0.25) is 19.1 Å². The van der Waals surface area contributed by atoms with Crippen LogP contribution in [0.2, 0.25) is 0 Å². The maximum absolute atomic E-state index is 13.9. The maximum atomic E-state index is 13.9. The number of benzene rings is 2. The summed E-state index contributed by atoms with van der Waals surface area (Å²) in [5.74, 6) is 1.31. The van der Waals surface area contributed by atoms with Crippen LogP contribution in [-0.4, -0.2) is 83.2 Å². The zero-order valence-electron chi connectivity index (χ0n) is 26.2. The number of likely N-dealkylation sites (tertiary alicyclic amines) is 1. The molecular formula is C34H41N5O6. The van der Waals surface area contributed by atoms with Crippen molar-refractivity contribution in [3.63, 3.8) is 0 Å². The Kier molecular flexibility index (Phi) is 9.07. The normalized spacial score (nSPS) is 21.0. The third kappa shape index (κ3) is 6.83. The highest BCUT2D eigenvalue weighted by Crippen LogP contribution is 2.33. The molecule has 0 unspecified atom stereocenters. The van der Waals surface area contributed by atoms with Crippen LogP contribution in [-0.2, 0) is 47.2 Å². The van der Waals surface area contributed by atoms with Crippen LogP contribution in [0.1, 0.15) is 58.6 Å². The molecule has 3 aromatic rings. The van der Waals surface area contributed by atoms with Gasteiger partial charge in [-0.2, -0.15) is 5.10 Å². The van der Waals surface area contributed by atoms with Gasteiger partial charge in [-0.1, -0.05) is 18.2 Å². The van der Waals surface area contributed by atoms with Crippen molar-refractivity contribution in [1.29, 1.82) is 0 Å². The van der Waals surface area contributed by atoms with E-state index in [-0.39, 0.29) is 43.3 Å². The molecule has 0 radical (unpaired) electrons. The summed E-state index contributed by atoms with van der Waals surface area (Å²) >= 11 is 0. The third-order valence-corrected chi connectivity index (χ3v) is 8.97. The summed E-state index contributed by atoms with van der Waals surface area (Å²) in [6.45, 7) is 0.981. The zero-order chi connectivity index (χ0) is 31.5. The number of piperidine rings is 1. The van der Waals surface area contributed by atoms with Crippen LogP contribution in [0.3, 0.4) is 0 Å². The number of carbonyl (C=O) groups excluding carboxylic acids is 3. The van der Waals surface area contributed by atoms with E-state index < -0.39 is 6.10 Å². The fourth-order valence-electron chi connectivity index (χ4n) is 6.51. The van der Waals surface area contributed by atoms with Crippen LogP contribution in [0.25, 0.3) is 0 Å². The minimum absolute atomic E-state index is 0.0578. The van der Waals surface area contributed by atoms with E-state index in [1.54, 1.807) is 18.8 Å². The molecule has 2 aromatic carbocycles. The minimum Gasteiger partial charge on any atom is -0.493 e. The summed E-state index contributed by atoms with van der Waals surface area (Å²) in [5, 5.41) is 7.75. The van der Waals surface area contributed by atoms with E-state index in [9.17, 15) is 14.4 Å². The van der Waals surface area contributed by atoms with Crippen LogP contribution >= 0.6 is 0 Å². The number of amides is 3. The predicted octanol–water partition coefficient (Wildman–Crippen LogP) is 3.42. The van der Waals surface area contributed by atoms with Gasteiger partial charge in [0.2, 0.25) is 11.8 Å². The molecule has 4 heterocycles. The third-order valence-electron chi connectivity index (χ3n) is 8.97. The van der Waals surface area contributed by atoms with Gasteiger partial charge >= 0.3 is 0 Å². The number of nitrogens with zero attached hydrogens (tertiary/aromatic N) is 4. The summed E-state index contributed by atoms with van der Waals surface area (Å²) in [6, 6.07) is 12.9. The van der Waals surface area contributed by atoms with Gasteiger partial charge in [0, 0.05) is 39.2 Å². The average Bonchev–Trinajstić information content (AvgIpc) is 3.38. The van der Waals surface area contributed by atoms with E-state index in [4.69, 9.17) is 14.2 Å². The first kappa shape index (κ1) is 30.6. The Morgan fingerprint density at radius 1 is 1.02 bits per heavy atom. The van der Waals surface area contributed by atoms with E-state index in [1.807, 2.05) is 54.4 Å². The Morgan fingerprint density at radius 3 is 2.71 bits per heavy atom. The Bertz CT molecular complexity index is 1580. The molecule has 3 aliphatic heterocycles. The van der Waals surface area contributed by atoms with Crippen molar-refractivity contribution in [3.05, 3.63) is 70.5 Å². The topological polar surface area (TPSA) is 115 Å². The summed E-state index contributed by atoms with van der Waals surface area (Å²) in [6.07, 6.45) is 4.71. The number of ether oxygens (including phenoxy) is 3. The monoisotopic (exact) mass is 615 g/mol. The average molecular weight is 616 g/mol. The Morgan fingerprint density at radius 2 is 1.87 bits per heavy atom. The van der Waals surface area contributed by atoms with Crippen molar-refractivity contribution >= 4 is 17.7 Å². The summed E-state index contributed by atoms with van der Waals surface area (Å²) in [4.78, 5) is 43.3. The van der Waals surface area contributed by atoms with Crippen molar-refractivity contribution in [2.24, 2.45) is 7.05 Å². The molecule has 238 valence electrons. The molecule has 1 aliphatic carbocycles. The van der Waals surface area contributed by atoms with Crippen molar-refractivity contribution in [2.45, 2.75) is 63.7 Å². The van der Waals surface area contributed by atoms with Crippen molar-refractivity contribution < 1.29 is 28.6 Å². The van der Waals surface area contributed by atoms with E-state index in [2.05, 4.69) is 10.4 Å². The van der Waals surface area contributed by atoms with Crippen LogP contribution in [0.4, 0.5) is 0 Å². The van der Waals surface area contributed by atoms with Gasteiger partial charge in [0.25, 0.3) is 5.91 Å². The number of carbonyl (C=O) groups is 3. The molecule has 0 saturated carbocycles. The van der Waals surface area contributed by atoms with Gasteiger partial charge in [0.05, 0.1) is 38.1 Å². The lowest BCUT2D eigenvalue weighted by Gasteiger charge is -2.39. The van der Waals surface area contributed by atoms with Crippen molar-refractivity contribution in [2.75, 3.05) is 33.8 Å². The van der Waals surface area contributed by atoms with E-state index >= 15 is 0 Å². The molecule has 1 fully saturated rings. The number of likely N-dealkylation sites (N-methyl/N-ethyl adjacent to an activating group) is 1. The fourth-order valence-corrected chi connectivity index (χ4v) is 6.51. The molecule has 7 rings (SSSR count). The van der Waals surface area contributed by atoms with E-state index in [0.717, 1.165) is 48.1 Å². The molecular weight excluding hydrogens is 574 g/mol. The molecule has 11 nitrogen and oxygen atoms in total. The molecule has 3 amide bonds. The largest absolute Gasteiger partial charge is 0.493 e. The van der Waals surface area contributed by atoms with Gasteiger partial charge in [-0.25, -0.2) is 0 Å². The maximum Gasteiger partial charge on any atom is 0.272 e. The predicted molar refractivity (Wildman–Crippen MR) is 166 cm³/mol. The Hall–Kier alpha value is -4.38. The first-order chi connectivity index (χ1) is 21.8. The summed E-state index contributed by atoms with van der Waals surface area (Å²) in [7, 11) is 5.06. The second-order valence-corrected chi connectivity index (χ2v) is 12.2. The lowest BCUT2D eigenvalue weighted by molar-refractivity contribution is -0.135. The molecule has 2 atom stereocenters. The van der Waals surface area contributed by atoms with Crippen molar-refractivity contribution in [1.82, 2.24) is 24.9 Å². The molecule has 1 aromatic heterocycles. The fraction of sp³-hybridized carbons (Fsp3) is 0.471. The molecule has 0 spiro atoms. The second-order valence-electron chi connectivity index (χ2n) is 12.2. The minimum atomic E-state index is -0.462. The SMILES string of the molecule is COc1cc2ccc1Oc1cccc(c1)CO[C@H]1CN(C(=O)c3c4c(nn3C)CCCC4)CC[C@@H]1NC(=O)CN(C)C(=O)CC2. The highest BCUT2D eigenvalue weighted by Gasteiger charge is 2.36. The highest BCUT2D eigenvalue weighted by atomic mass is 16.5. The van der Waals surface area contributed by atoms with Gasteiger partial charge in [0.15, 0.2) is 11.5 Å². The molecule has 4 bridgehead atoms. The number of hydrogen-bond acceptors (Lipinski definition) is 7. The lowest BCUT2D eigenvalue weighted by Crippen LogP contribution is -2.57. The lowest BCUT2D eigenvalue weighted by atomic mass is 9.95. The van der Waals surface area contributed by atoms with Crippen molar-refractivity contribution in [3.8, 4) is 17.2 Å². The Balaban J connectivity index is 1.25. The number of rotatable bonds is 2. The number of aryl methyl sites for hydroxylation is 3. The second kappa shape index (κ2) is 13.3. The highest BCUT2D eigenvalue weighted by molar-refractivity contribution is 5.94. The van der Waals surface area contributed by atoms with Crippen LogP contribution in [0.5, 0.6) is 17.2 Å². The molecule has 1 saturated heterocycles. The van der Waals surface area contributed by atoms with Crippen LogP contribution < -0.4 is 14.8 Å². The summed E-state index contributed by atoms with van der Waals surface area (Å²) < 4.78 is 20.0. The first-order valence-corrected chi connectivity index (χ1v) is 15.7. The molecule has 4 aliphatic rings. The standard InChI is InChI=1S/C34H41N5O6/c1-37-20-31(40)35-27-15-16-39(34(42)33-25-9-4-5-10-26(25)36-38(33)2)19-30(27)44-21-23-7-6-8-24(17-23)45-28-13-11-22(12-14-32(37)41)18-29(28)43-3/h6-8,11,13,17-18,27,30H,4-5,9-10,12,14-16,19-21H2,1-3H3,(H,35,40)/t27-,30-/m0/s1. The molecule has 45 heavy (non-hydrogen) atoms. The van der Waals surface area contributed by atoms with E-state index in [0.29, 0.717) is 48.9 Å². The van der Waals surface area contributed by atoms with E-state index in [1.165, 1.54) is 4.90 Å². The van der Waals surface area contributed by atoms with Crippen LogP contribution in [0, 0.1) is 0 Å². The number of nitrogens with one attached hydrogen (secondary N) is 1. The number of fused-ring (bicyclic) bond motifs is 10. The quantitative estimate of drug-likeness (QED) is 0.470. The van der Waals surface area contributed by atoms with Gasteiger partial charge in [0.1, 0.15) is 11.4 Å².